The smallest absolute Gasteiger partial charge is 0.0958 e. The molecule has 0 aromatic heterocycles. The zero-order chi connectivity index (χ0) is 7.68. The fourth-order valence-corrected chi connectivity index (χ4v) is 2.68. The van der Waals surface area contributed by atoms with Crippen molar-refractivity contribution < 1.29 is 5.11 Å². The number of nitrogens with zero attached hydrogens (tertiary/aromatic N) is 1. The van der Waals surface area contributed by atoms with Crippen LogP contribution in [0.2, 0.25) is 0 Å². The van der Waals surface area contributed by atoms with Gasteiger partial charge in [0, 0.05) is 12.6 Å². The molecule has 1 aliphatic carbocycles. The van der Waals surface area contributed by atoms with E-state index in [2.05, 4.69) is 4.90 Å². The maximum absolute atomic E-state index is 9.03. The molecule has 0 aromatic rings. The SMILES string of the molecule is OCN1CCC2CCCCC21. The molecule has 2 nitrogen and oxygen atoms in total. The molecule has 1 N–H and O–H groups in total. The minimum Gasteiger partial charge on any atom is -0.381 e. The Kier molecular flexibility index (Phi) is 2.14. The standard InChI is InChI=1S/C9H17NO/c11-7-10-6-5-8-3-1-2-4-9(8)10/h8-9,11H,1-7H2. The summed E-state index contributed by atoms with van der Waals surface area (Å²) in [7, 11) is 0. The quantitative estimate of drug-likeness (QED) is 0.615. The molecule has 2 aliphatic rings. The number of rotatable bonds is 1. The predicted molar refractivity (Wildman–Crippen MR) is 44.2 cm³/mol. The lowest BCUT2D eigenvalue weighted by molar-refractivity contribution is 0.0732. The largest absolute Gasteiger partial charge is 0.381 e. The van der Waals surface area contributed by atoms with Gasteiger partial charge in [0.25, 0.3) is 0 Å². The van der Waals surface area contributed by atoms with Crippen molar-refractivity contribution in [3.05, 3.63) is 0 Å². The summed E-state index contributed by atoms with van der Waals surface area (Å²) in [5.41, 5.74) is 0. The molecule has 2 fully saturated rings. The minimum absolute atomic E-state index is 0.279. The molecule has 64 valence electrons. The van der Waals surface area contributed by atoms with Gasteiger partial charge in [-0.05, 0) is 25.2 Å². The lowest BCUT2D eigenvalue weighted by Crippen LogP contribution is -2.35. The van der Waals surface area contributed by atoms with Crippen molar-refractivity contribution in [2.75, 3.05) is 13.3 Å². The van der Waals surface area contributed by atoms with Crippen LogP contribution in [0.15, 0.2) is 0 Å². The minimum atomic E-state index is 0.279. The molecule has 0 aromatic carbocycles. The van der Waals surface area contributed by atoms with Gasteiger partial charge in [0.05, 0.1) is 6.73 Å². The molecule has 0 spiro atoms. The maximum atomic E-state index is 9.03. The molecule has 2 atom stereocenters. The summed E-state index contributed by atoms with van der Waals surface area (Å²) in [6.45, 7) is 1.41. The van der Waals surface area contributed by atoms with E-state index in [1.807, 2.05) is 0 Å². The molecular formula is C9H17NO. The summed E-state index contributed by atoms with van der Waals surface area (Å²) in [5.74, 6) is 0.913. The fourth-order valence-electron chi connectivity index (χ4n) is 2.68. The zero-order valence-corrected chi connectivity index (χ0v) is 7.00. The van der Waals surface area contributed by atoms with E-state index in [1.54, 1.807) is 0 Å². The third kappa shape index (κ3) is 1.30. The predicted octanol–water partition coefficient (Wildman–Crippen LogP) is 1.20. The summed E-state index contributed by atoms with van der Waals surface area (Å²) in [4.78, 5) is 2.24. The van der Waals surface area contributed by atoms with Crippen LogP contribution in [-0.4, -0.2) is 29.3 Å². The molecule has 2 rings (SSSR count). The van der Waals surface area contributed by atoms with E-state index >= 15 is 0 Å². The van der Waals surface area contributed by atoms with Crippen LogP contribution in [0.25, 0.3) is 0 Å². The van der Waals surface area contributed by atoms with Crippen LogP contribution in [0, 0.1) is 5.92 Å². The Balaban J connectivity index is 1.98. The van der Waals surface area contributed by atoms with Gasteiger partial charge in [0.2, 0.25) is 0 Å². The Morgan fingerprint density at radius 3 is 2.82 bits per heavy atom. The van der Waals surface area contributed by atoms with E-state index < -0.39 is 0 Å². The van der Waals surface area contributed by atoms with Gasteiger partial charge in [0.15, 0.2) is 0 Å². The normalized spacial score (nSPS) is 39.0. The molecule has 2 unspecified atom stereocenters. The van der Waals surface area contributed by atoms with E-state index in [0.717, 1.165) is 18.5 Å². The van der Waals surface area contributed by atoms with Gasteiger partial charge >= 0.3 is 0 Å². The molecule has 2 heteroatoms. The lowest BCUT2D eigenvalue weighted by atomic mass is 9.85. The Morgan fingerprint density at radius 1 is 1.18 bits per heavy atom. The summed E-state index contributed by atoms with van der Waals surface area (Å²) in [6.07, 6.45) is 6.84. The summed E-state index contributed by atoms with van der Waals surface area (Å²) < 4.78 is 0. The molecule has 11 heavy (non-hydrogen) atoms. The monoisotopic (exact) mass is 155 g/mol. The van der Waals surface area contributed by atoms with Crippen molar-refractivity contribution in [2.24, 2.45) is 5.92 Å². The Hall–Kier alpha value is -0.0800. The van der Waals surface area contributed by atoms with Crippen molar-refractivity contribution in [3.63, 3.8) is 0 Å². The highest BCUT2D eigenvalue weighted by Crippen LogP contribution is 2.35. The Labute approximate surface area is 68.2 Å². The molecule has 0 bridgehead atoms. The average molecular weight is 155 g/mol. The average Bonchev–Trinajstić information content (AvgIpc) is 2.47. The van der Waals surface area contributed by atoms with E-state index in [-0.39, 0.29) is 6.73 Å². The van der Waals surface area contributed by atoms with E-state index in [1.165, 1.54) is 32.1 Å². The second-order valence-corrected chi connectivity index (χ2v) is 3.85. The first-order chi connectivity index (χ1) is 5.42. The van der Waals surface area contributed by atoms with Gasteiger partial charge < -0.3 is 5.11 Å². The Bertz CT molecular complexity index is 132. The first-order valence-electron chi connectivity index (χ1n) is 4.76. The van der Waals surface area contributed by atoms with Crippen molar-refractivity contribution in [2.45, 2.75) is 38.1 Å². The van der Waals surface area contributed by atoms with Crippen LogP contribution < -0.4 is 0 Å². The third-order valence-corrected chi connectivity index (χ3v) is 3.31. The molecule has 1 heterocycles. The van der Waals surface area contributed by atoms with Gasteiger partial charge in [0.1, 0.15) is 0 Å². The summed E-state index contributed by atoms with van der Waals surface area (Å²) in [6, 6.07) is 0.730. The Morgan fingerprint density at radius 2 is 2.00 bits per heavy atom. The third-order valence-electron chi connectivity index (χ3n) is 3.31. The number of aliphatic hydroxyl groups excluding tert-OH is 1. The number of likely N-dealkylation sites (tertiary alicyclic amines) is 1. The number of aliphatic hydroxyl groups is 1. The topological polar surface area (TPSA) is 23.5 Å². The van der Waals surface area contributed by atoms with Crippen molar-refractivity contribution in [3.8, 4) is 0 Å². The van der Waals surface area contributed by atoms with Crippen LogP contribution >= 0.6 is 0 Å². The molecule has 0 amide bonds. The first kappa shape index (κ1) is 7.56. The second kappa shape index (κ2) is 3.11. The van der Waals surface area contributed by atoms with Crippen molar-refractivity contribution in [1.82, 2.24) is 4.90 Å². The van der Waals surface area contributed by atoms with Crippen LogP contribution in [0.4, 0.5) is 0 Å². The number of hydrogen-bond acceptors (Lipinski definition) is 2. The highest BCUT2D eigenvalue weighted by molar-refractivity contribution is 4.88. The number of hydrogen-bond donors (Lipinski definition) is 1. The van der Waals surface area contributed by atoms with E-state index in [4.69, 9.17) is 5.11 Å². The molecule has 1 saturated heterocycles. The van der Waals surface area contributed by atoms with Crippen LogP contribution in [-0.2, 0) is 0 Å². The number of fused-ring (bicyclic) bond motifs is 1. The fraction of sp³-hybridized carbons (Fsp3) is 1.00. The lowest BCUT2D eigenvalue weighted by Gasteiger charge is -2.30. The maximum Gasteiger partial charge on any atom is 0.0958 e. The summed E-state index contributed by atoms with van der Waals surface area (Å²) >= 11 is 0. The second-order valence-electron chi connectivity index (χ2n) is 3.85. The zero-order valence-electron chi connectivity index (χ0n) is 7.00. The molecule has 1 aliphatic heterocycles. The van der Waals surface area contributed by atoms with Gasteiger partial charge in [-0.15, -0.1) is 0 Å². The van der Waals surface area contributed by atoms with E-state index in [9.17, 15) is 0 Å². The van der Waals surface area contributed by atoms with Gasteiger partial charge in [-0.3, -0.25) is 4.90 Å². The van der Waals surface area contributed by atoms with Crippen LogP contribution in [0.1, 0.15) is 32.1 Å². The highest BCUT2D eigenvalue weighted by atomic mass is 16.3. The van der Waals surface area contributed by atoms with E-state index in [0.29, 0.717) is 0 Å². The van der Waals surface area contributed by atoms with Gasteiger partial charge in [-0.25, -0.2) is 0 Å². The van der Waals surface area contributed by atoms with Crippen LogP contribution in [0.3, 0.4) is 0 Å². The highest BCUT2D eigenvalue weighted by Gasteiger charge is 2.34. The molecular weight excluding hydrogens is 138 g/mol. The van der Waals surface area contributed by atoms with Gasteiger partial charge in [-0.2, -0.15) is 0 Å². The molecule has 0 radical (unpaired) electrons. The van der Waals surface area contributed by atoms with Gasteiger partial charge in [-0.1, -0.05) is 12.8 Å². The molecule has 1 saturated carbocycles. The van der Waals surface area contributed by atoms with Crippen molar-refractivity contribution in [1.29, 1.82) is 0 Å². The van der Waals surface area contributed by atoms with Crippen LogP contribution in [0.5, 0.6) is 0 Å². The summed E-state index contributed by atoms with van der Waals surface area (Å²) in [5, 5.41) is 9.03. The van der Waals surface area contributed by atoms with Crippen molar-refractivity contribution >= 4 is 0 Å². The first-order valence-corrected chi connectivity index (χ1v) is 4.76.